The van der Waals surface area contributed by atoms with Crippen LogP contribution in [-0.4, -0.2) is 52.7 Å². The van der Waals surface area contributed by atoms with E-state index in [1.807, 2.05) is 24.3 Å². The molecule has 1 fully saturated rings. The molecule has 3 heterocycles. The number of hydrogen-bond acceptors (Lipinski definition) is 7. The van der Waals surface area contributed by atoms with E-state index in [2.05, 4.69) is 37.5 Å². The highest BCUT2D eigenvalue weighted by atomic mass is 16.5. The van der Waals surface area contributed by atoms with E-state index < -0.39 is 0 Å². The molecule has 8 heteroatoms. The number of rotatable bonds is 9. The molecular formula is C23H27N5O3. The number of pyridine rings is 1. The van der Waals surface area contributed by atoms with Crippen LogP contribution < -0.4 is 10.1 Å². The van der Waals surface area contributed by atoms with Crippen LogP contribution in [0.3, 0.4) is 0 Å². The molecular weight excluding hydrogens is 394 g/mol. The Morgan fingerprint density at radius 3 is 2.61 bits per heavy atom. The third-order valence-electron chi connectivity index (χ3n) is 5.55. The first-order valence-corrected chi connectivity index (χ1v) is 10.6. The summed E-state index contributed by atoms with van der Waals surface area (Å²) in [6.07, 6.45) is 6.44. The van der Waals surface area contributed by atoms with Crippen LogP contribution in [-0.2, 0) is 11.2 Å². The van der Waals surface area contributed by atoms with Crippen LogP contribution in [0, 0.1) is 0 Å². The fourth-order valence-corrected chi connectivity index (χ4v) is 3.83. The van der Waals surface area contributed by atoms with E-state index in [9.17, 15) is 4.79 Å². The third kappa shape index (κ3) is 5.46. The molecule has 0 aliphatic carbocycles. The SMILES string of the molecule is COc1ccc(C(CNC(=O)CCc2nc(-c3ccncc3)no2)N2CCCC2)cc1. The summed E-state index contributed by atoms with van der Waals surface area (Å²) in [7, 11) is 1.66. The van der Waals surface area contributed by atoms with Gasteiger partial charge in [-0.1, -0.05) is 17.3 Å². The second-order valence-corrected chi connectivity index (χ2v) is 7.58. The summed E-state index contributed by atoms with van der Waals surface area (Å²) >= 11 is 0. The van der Waals surface area contributed by atoms with Crippen LogP contribution in [0.4, 0.5) is 0 Å². The van der Waals surface area contributed by atoms with E-state index >= 15 is 0 Å². The molecule has 8 nitrogen and oxygen atoms in total. The highest BCUT2D eigenvalue weighted by Gasteiger charge is 2.24. The van der Waals surface area contributed by atoms with Gasteiger partial charge in [0.15, 0.2) is 0 Å². The number of ether oxygens (including phenoxy) is 1. The Bertz CT molecular complexity index is 968. The molecule has 1 unspecified atom stereocenters. The van der Waals surface area contributed by atoms with Gasteiger partial charge in [-0.2, -0.15) is 4.98 Å². The summed E-state index contributed by atoms with van der Waals surface area (Å²) in [6.45, 7) is 2.66. The van der Waals surface area contributed by atoms with Crippen molar-refractivity contribution >= 4 is 5.91 Å². The van der Waals surface area contributed by atoms with Crippen molar-refractivity contribution in [2.45, 2.75) is 31.7 Å². The van der Waals surface area contributed by atoms with Gasteiger partial charge in [-0.25, -0.2) is 0 Å². The Morgan fingerprint density at radius 2 is 1.90 bits per heavy atom. The first kappa shape index (κ1) is 21.0. The van der Waals surface area contributed by atoms with E-state index in [-0.39, 0.29) is 11.9 Å². The number of carbonyl (C=O) groups is 1. The molecule has 0 bridgehead atoms. The number of nitrogens with zero attached hydrogens (tertiary/aromatic N) is 4. The van der Waals surface area contributed by atoms with Crippen LogP contribution in [0.1, 0.15) is 36.8 Å². The van der Waals surface area contributed by atoms with Crippen molar-refractivity contribution in [3.63, 3.8) is 0 Å². The first-order chi connectivity index (χ1) is 15.2. The summed E-state index contributed by atoms with van der Waals surface area (Å²) in [4.78, 5) is 23.3. The van der Waals surface area contributed by atoms with Crippen LogP contribution in [0.5, 0.6) is 5.75 Å². The van der Waals surface area contributed by atoms with Gasteiger partial charge in [-0.3, -0.25) is 14.7 Å². The first-order valence-electron chi connectivity index (χ1n) is 10.6. The fourth-order valence-electron chi connectivity index (χ4n) is 3.83. The molecule has 1 saturated heterocycles. The number of hydrogen-bond donors (Lipinski definition) is 1. The Morgan fingerprint density at radius 1 is 1.16 bits per heavy atom. The smallest absolute Gasteiger partial charge is 0.227 e. The van der Waals surface area contributed by atoms with Gasteiger partial charge in [0.1, 0.15) is 5.75 Å². The van der Waals surface area contributed by atoms with Crippen molar-refractivity contribution in [3.05, 3.63) is 60.2 Å². The lowest BCUT2D eigenvalue weighted by molar-refractivity contribution is -0.121. The molecule has 3 aromatic rings. The quantitative estimate of drug-likeness (QED) is 0.568. The maximum absolute atomic E-state index is 12.5. The molecule has 0 spiro atoms. The molecule has 31 heavy (non-hydrogen) atoms. The van der Waals surface area contributed by atoms with Gasteiger partial charge in [0.05, 0.1) is 13.2 Å². The largest absolute Gasteiger partial charge is 0.497 e. The number of carbonyl (C=O) groups excluding carboxylic acids is 1. The second kappa shape index (κ2) is 10.2. The topological polar surface area (TPSA) is 93.4 Å². The van der Waals surface area contributed by atoms with Crippen molar-refractivity contribution in [3.8, 4) is 17.1 Å². The van der Waals surface area contributed by atoms with E-state index in [4.69, 9.17) is 9.26 Å². The highest BCUT2D eigenvalue weighted by molar-refractivity contribution is 5.76. The Kier molecular flexibility index (Phi) is 6.89. The standard InChI is InChI=1S/C23H27N5O3/c1-30-19-6-4-17(5-7-19)20(28-14-2-3-15-28)16-25-21(29)8-9-22-26-23(27-31-22)18-10-12-24-13-11-18/h4-7,10-13,20H,2-3,8-9,14-16H2,1H3,(H,25,29). The number of likely N-dealkylation sites (tertiary alicyclic amines) is 1. The van der Waals surface area contributed by atoms with Crippen LogP contribution in [0.15, 0.2) is 53.3 Å². The predicted molar refractivity (Wildman–Crippen MR) is 115 cm³/mol. The monoisotopic (exact) mass is 421 g/mol. The number of benzene rings is 1. The minimum absolute atomic E-state index is 0.0265. The molecule has 1 aliphatic heterocycles. The number of aromatic nitrogens is 3. The van der Waals surface area contributed by atoms with Crippen LogP contribution >= 0.6 is 0 Å². The van der Waals surface area contributed by atoms with Crippen molar-refractivity contribution in [1.29, 1.82) is 0 Å². The minimum atomic E-state index is -0.0265. The molecule has 1 atom stereocenters. The lowest BCUT2D eigenvalue weighted by atomic mass is 10.1. The van der Waals surface area contributed by atoms with Crippen molar-refractivity contribution in [1.82, 2.24) is 25.3 Å². The van der Waals surface area contributed by atoms with E-state index in [0.717, 1.165) is 24.4 Å². The lowest BCUT2D eigenvalue weighted by Gasteiger charge is -2.28. The summed E-state index contributed by atoms with van der Waals surface area (Å²) in [5.41, 5.74) is 2.02. The summed E-state index contributed by atoms with van der Waals surface area (Å²) < 4.78 is 10.6. The Balaban J connectivity index is 1.32. The number of aryl methyl sites for hydroxylation is 1. The molecule has 4 rings (SSSR count). The zero-order chi connectivity index (χ0) is 21.5. The van der Waals surface area contributed by atoms with E-state index in [1.165, 1.54) is 18.4 Å². The highest BCUT2D eigenvalue weighted by Crippen LogP contribution is 2.26. The van der Waals surface area contributed by atoms with Gasteiger partial charge < -0.3 is 14.6 Å². The molecule has 0 radical (unpaired) electrons. The van der Waals surface area contributed by atoms with Crippen molar-refractivity contribution < 1.29 is 14.1 Å². The molecule has 162 valence electrons. The van der Waals surface area contributed by atoms with Gasteiger partial charge in [0, 0.05) is 37.3 Å². The number of methoxy groups -OCH3 is 1. The van der Waals surface area contributed by atoms with Gasteiger partial charge in [-0.05, 0) is 55.8 Å². The molecule has 2 aromatic heterocycles. The van der Waals surface area contributed by atoms with Crippen LogP contribution in [0.2, 0.25) is 0 Å². The maximum atomic E-state index is 12.5. The normalized spacial score (nSPS) is 15.0. The number of amides is 1. The average Bonchev–Trinajstić information content (AvgIpc) is 3.51. The molecule has 1 amide bonds. The summed E-state index contributed by atoms with van der Waals surface area (Å²) in [5.74, 6) is 1.76. The molecule has 1 N–H and O–H groups in total. The predicted octanol–water partition coefficient (Wildman–Crippen LogP) is 3.03. The van der Waals surface area contributed by atoms with E-state index in [0.29, 0.717) is 31.1 Å². The third-order valence-corrected chi connectivity index (χ3v) is 5.55. The van der Waals surface area contributed by atoms with Gasteiger partial charge in [-0.15, -0.1) is 0 Å². The summed E-state index contributed by atoms with van der Waals surface area (Å²) in [5, 5.41) is 7.07. The fraction of sp³-hybridized carbons (Fsp3) is 0.391. The zero-order valence-electron chi connectivity index (χ0n) is 17.7. The van der Waals surface area contributed by atoms with Gasteiger partial charge in [0.25, 0.3) is 0 Å². The molecule has 1 aliphatic rings. The van der Waals surface area contributed by atoms with Gasteiger partial charge >= 0.3 is 0 Å². The lowest BCUT2D eigenvalue weighted by Crippen LogP contribution is -2.36. The number of nitrogens with one attached hydrogen (secondary N) is 1. The van der Waals surface area contributed by atoms with E-state index in [1.54, 1.807) is 19.5 Å². The Labute approximate surface area is 181 Å². The zero-order valence-corrected chi connectivity index (χ0v) is 17.7. The minimum Gasteiger partial charge on any atom is -0.497 e. The van der Waals surface area contributed by atoms with Gasteiger partial charge in [0.2, 0.25) is 17.6 Å². The average molecular weight is 422 g/mol. The van der Waals surface area contributed by atoms with Crippen LogP contribution in [0.25, 0.3) is 11.4 Å². The summed E-state index contributed by atoms with van der Waals surface area (Å²) in [6, 6.07) is 11.9. The second-order valence-electron chi connectivity index (χ2n) is 7.58. The Hall–Kier alpha value is -3.26. The molecule has 1 aromatic carbocycles. The van der Waals surface area contributed by atoms with Crippen molar-refractivity contribution in [2.24, 2.45) is 0 Å². The van der Waals surface area contributed by atoms with Crippen molar-refractivity contribution in [2.75, 3.05) is 26.7 Å². The maximum Gasteiger partial charge on any atom is 0.227 e. The molecule has 0 saturated carbocycles.